The SMILES string of the molecule is CCc1ccc(C(C#N)NCc2cccc(C)c2)cc1. The van der Waals surface area contributed by atoms with Gasteiger partial charge in [-0.15, -0.1) is 0 Å². The van der Waals surface area contributed by atoms with Crippen molar-refractivity contribution in [2.45, 2.75) is 32.9 Å². The summed E-state index contributed by atoms with van der Waals surface area (Å²) in [4.78, 5) is 0. The Morgan fingerprint density at radius 2 is 1.85 bits per heavy atom. The summed E-state index contributed by atoms with van der Waals surface area (Å²) >= 11 is 0. The largest absolute Gasteiger partial charge is 0.294 e. The van der Waals surface area contributed by atoms with E-state index in [1.807, 2.05) is 18.2 Å². The van der Waals surface area contributed by atoms with Crippen LogP contribution in [0.25, 0.3) is 0 Å². The zero-order valence-electron chi connectivity index (χ0n) is 12.1. The Hall–Kier alpha value is -2.11. The van der Waals surface area contributed by atoms with E-state index in [0.717, 1.165) is 12.0 Å². The monoisotopic (exact) mass is 264 g/mol. The lowest BCUT2D eigenvalue weighted by Gasteiger charge is -2.12. The van der Waals surface area contributed by atoms with Crippen LogP contribution in [0.15, 0.2) is 48.5 Å². The molecule has 20 heavy (non-hydrogen) atoms. The molecular formula is C18H20N2. The molecule has 0 aliphatic carbocycles. The first-order valence-electron chi connectivity index (χ1n) is 7.00. The molecule has 0 spiro atoms. The molecule has 0 heterocycles. The van der Waals surface area contributed by atoms with Crippen molar-refractivity contribution in [1.29, 1.82) is 5.26 Å². The lowest BCUT2D eigenvalue weighted by molar-refractivity contribution is 0.630. The fourth-order valence-electron chi connectivity index (χ4n) is 2.23. The van der Waals surface area contributed by atoms with Crippen molar-refractivity contribution in [1.82, 2.24) is 5.32 Å². The molecule has 2 aromatic rings. The van der Waals surface area contributed by atoms with Crippen LogP contribution in [-0.4, -0.2) is 0 Å². The van der Waals surface area contributed by atoms with Crippen LogP contribution in [0, 0.1) is 18.3 Å². The van der Waals surface area contributed by atoms with E-state index in [9.17, 15) is 5.26 Å². The van der Waals surface area contributed by atoms with Crippen molar-refractivity contribution >= 4 is 0 Å². The van der Waals surface area contributed by atoms with Crippen molar-refractivity contribution in [3.8, 4) is 6.07 Å². The third kappa shape index (κ3) is 3.69. The van der Waals surface area contributed by atoms with Gasteiger partial charge in [-0.1, -0.05) is 61.0 Å². The second kappa shape index (κ2) is 6.88. The molecule has 2 aromatic carbocycles. The number of nitrogens with one attached hydrogen (secondary N) is 1. The first-order valence-corrected chi connectivity index (χ1v) is 7.00. The van der Waals surface area contributed by atoms with Crippen molar-refractivity contribution in [2.75, 3.05) is 0 Å². The molecule has 1 N–H and O–H groups in total. The molecule has 0 aromatic heterocycles. The van der Waals surface area contributed by atoms with Crippen molar-refractivity contribution < 1.29 is 0 Å². The van der Waals surface area contributed by atoms with E-state index in [1.54, 1.807) is 0 Å². The lowest BCUT2D eigenvalue weighted by atomic mass is 10.0. The van der Waals surface area contributed by atoms with E-state index < -0.39 is 0 Å². The Bertz CT molecular complexity index is 594. The third-order valence-corrected chi connectivity index (χ3v) is 3.44. The summed E-state index contributed by atoms with van der Waals surface area (Å²) in [6.07, 6.45) is 1.02. The molecule has 2 nitrogen and oxygen atoms in total. The van der Waals surface area contributed by atoms with Crippen molar-refractivity contribution in [2.24, 2.45) is 0 Å². The Kier molecular flexibility index (Phi) is 4.92. The standard InChI is InChI=1S/C18H20N2/c1-3-15-7-9-17(10-8-15)18(12-19)20-13-16-6-4-5-14(2)11-16/h4-11,18,20H,3,13H2,1-2H3. The molecule has 1 unspecified atom stereocenters. The van der Waals surface area contributed by atoms with E-state index in [2.05, 4.69) is 55.6 Å². The average molecular weight is 264 g/mol. The summed E-state index contributed by atoms with van der Waals surface area (Å²) < 4.78 is 0. The summed E-state index contributed by atoms with van der Waals surface area (Å²) in [5.74, 6) is 0. The summed E-state index contributed by atoms with van der Waals surface area (Å²) in [7, 11) is 0. The maximum absolute atomic E-state index is 9.33. The molecule has 2 rings (SSSR count). The second-order valence-corrected chi connectivity index (χ2v) is 5.03. The summed E-state index contributed by atoms with van der Waals surface area (Å²) in [6, 6.07) is 18.7. The van der Waals surface area contributed by atoms with Gasteiger partial charge in [0.1, 0.15) is 6.04 Å². The zero-order valence-corrected chi connectivity index (χ0v) is 12.1. The number of nitrogens with zero attached hydrogens (tertiary/aromatic N) is 1. The fourth-order valence-corrected chi connectivity index (χ4v) is 2.23. The molecule has 0 amide bonds. The highest BCUT2D eigenvalue weighted by molar-refractivity contribution is 5.29. The van der Waals surface area contributed by atoms with Crippen LogP contribution in [0.2, 0.25) is 0 Å². The molecule has 0 aliphatic heterocycles. The van der Waals surface area contributed by atoms with Gasteiger partial charge in [0.25, 0.3) is 0 Å². The number of nitriles is 1. The van der Waals surface area contributed by atoms with E-state index in [1.165, 1.54) is 16.7 Å². The zero-order chi connectivity index (χ0) is 14.4. The molecule has 0 bridgehead atoms. The van der Waals surface area contributed by atoms with Gasteiger partial charge in [-0.3, -0.25) is 5.32 Å². The van der Waals surface area contributed by atoms with Crippen LogP contribution in [0.3, 0.4) is 0 Å². The number of hydrogen-bond donors (Lipinski definition) is 1. The van der Waals surface area contributed by atoms with Gasteiger partial charge in [0, 0.05) is 6.54 Å². The van der Waals surface area contributed by atoms with Gasteiger partial charge < -0.3 is 0 Å². The Morgan fingerprint density at radius 1 is 1.10 bits per heavy atom. The predicted octanol–water partition coefficient (Wildman–Crippen LogP) is 3.91. The molecule has 0 saturated carbocycles. The number of benzene rings is 2. The van der Waals surface area contributed by atoms with Crippen molar-refractivity contribution in [3.63, 3.8) is 0 Å². The smallest absolute Gasteiger partial charge is 0.121 e. The first-order chi connectivity index (χ1) is 9.72. The minimum Gasteiger partial charge on any atom is -0.294 e. The molecule has 102 valence electrons. The first kappa shape index (κ1) is 14.3. The maximum Gasteiger partial charge on any atom is 0.121 e. The highest BCUT2D eigenvalue weighted by Crippen LogP contribution is 2.15. The van der Waals surface area contributed by atoms with Crippen LogP contribution in [0.5, 0.6) is 0 Å². The molecule has 0 fully saturated rings. The minimum absolute atomic E-state index is 0.263. The molecule has 0 aliphatic rings. The molecular weight excluding hydrogens is 244 g/mol. The summed E-state index contributed by atoms with van der Waals surface area (Å²) in [6.45, 7) is 4.91. The molecule has 1 atom stereocenters. The Labute approximate surface area is 121 Å². The topological polar surface area (TPSA) is 35.8 Å². The van der Waals surface area contributed by atoms with Gasteiger partial charge in [-0.25, -0.2) is 0 Å². The summed E-state index contributed by atoms with van der Waals surface area (Å²) in [5.41, 5.74) is 4.77. The van der Waals surface area contributed by atoms with Gasteiger partial charge in [-0.05, 0) is 30.0 Å². The predicted molar refractivity (Wildman–Crippen MR) is 82.2 cm³/mol. The second-order valence-electron chi connectivity index (χ2n) is 5.03. The van der Waals surface area contributed by atoms with E-state index in [0.29, 0.717) is 6.54 Å². The fraction of sp³-hybridized carbons (Fsp3) is 0.278. The number of aryl methyl sites for hydroxylation is 2. The molecule has 2 heteroatoms. The molecule has 0 saturated heterocycles. The average Bonchev–Trinajstić information content (AvgIpc) is 2.48. The normalized spacial score (nSPS) is 11.8. The van der Waals surface area contributed by atoms with Crippen molar-refractivity contribution in [3.05, 3.63) is 70.8 Å². The number of rotatable bonds is 5. The van der Waals surface area contributed by atoms with Gasteiger partial charge in [0.15, 0.2) is 0 Å². The van der Waals surface area contributed by atoms with E-state index in [-0.39, 0.29) is 6.04 Å². The van der Waals surface area contributed by atoms with Crippen LogP contribution in [-0.2, 0) is 13.0 Å². The Morgan fingerprint density at radius 3 is 2.45 bits per heavy atom. The lowest BCUT2D eigenvalue weighted by Crippen LogP contribution is -2.19. The molecule has 0 radical (unpaired) electrons. The van der Waals surface area contributed by atoms with Gasteiger partial charge >= 0.3 is 0 Å². The third-order valence-electron chi connectivity index (χ3n) is 3.44. The number of hydrogen-bond acceptors (Lipinski definition) is 2. The van der Waals surface area contributed by atoms with Gasteiger partial charge in [0.2, 0.25) is 0 Å². The highest BCUT2D eigenvalue weighted by atomic mass is 14.9. The van der Waals surface area contributed by atoms with E-state index >= 15 is 0 Å². The van der Waals surface area contributed by atoms with Gasteiger partial charge in [0.05, 0.1) is 6.07 Å². The minimum atomic E-state index is -0.263. The van der Waals surface area contributed by atoms with Crippen LogP contribution in [0.4, 0.5) is 0 Å². The van der Waals surface area contributed by atoms with Gasteiger partial charge in [-0.2, -0.15) is 5.26 Å². The maximum atomic E-state index is 9.33. The van der Waals surface area contributed by atoms with Crippen LogP contribution < -0.4 is 5.32 Å². The Balaban J connectivity index is 2.03. The summed E-state index contributed by atoms with van der Waals surface area (Å²) in [5, 5.41) is 12.6. The van der Waals surface area contributed by atoms with E-state index in [4.69, 9.17) is 0 Å². The van der Waals surface area contributed by atoms with Crippen LogP contribution in [0.1, 0.15) is 35.2 Å². The quantitative estimate of drug-likeness (QED) is 0.888. The highest BCUT2D eigenvalue weighted by Gasteiger charge is 2.09. The van der Waals surface area contributed by atoms with Crippen LogP contribution >= 0.6 is 0 Å².